The number of halogens is 1. The van der Waals surface area contributed by atoms with Gasteiger partial charge in [0.2, 0.25) is 0 Å². The number of hydrogen-bond donors (Lipinski definition) is 0. The molecule has 158 valence electrons. The van der Waals surface area contributed by atoms with Crippen LogP contribution in [0.25, 0.3) is 16.8 Å². The lowest BCUT2D eigenvalue weighted by Crippen LogP contribution is -2.40. The number of morpholine rings is 1. The van der Waals surface area contributed by atoms with Gasteiger partial charge >= 0.3 is 0 Å². The Morgan fingerprint density at radius 2 is 1.97 bits per heavy atom. The van der Waals surface area contributed by atoms with Crippen LogP contribution in [-0.4, -0.2) is 47.6 Å². The van der Waals surface area contributed by atoms with Crippen molar-refractivity contribution >= 4 is 5.57 Å². The number of ether oxygens (including phenoxy) is 1. The highest BCUT2D eigenvalue weighted by atomic mass is 19.1. The molecule has 3 aliphatic heterocycles. The maximum absolute atomic E-state index is 13.8. The van der Waals surface area contributed by atoms with Crippen LogP contribution in [-0.2, 0) is 4.74 Å². The van der Waals surface area contributed by atoms with Crippen LogP contribution in [0.15, 0.2) is 78.4 Å². The number of pyridine rings is 1. The molecule has 0 aliphatic carbocycles. The Kier molecular flexibility index (Phi) is 5.53. The molecule has 0 N–H and O–H groups in total. The third-order valence-electron chi connectivity index (χ3n) is 6.01. The highest BCUT2D eigenvalue weighted by molar-refractivity contribution is 5.85. The molecule has 5 rings (SSSR count). The summed E-state index contributed by atoms with van der Waals surface area (Å²) in [5.74, 6) is -0.195. The molecule has 3 aliphatic rings. The zero-order chi connectivity index (χ0) is 21.2. The van der Waals surface area contributed by atoms with Crippen molar-refractivity contribution in [2.75, 3.05) is 32.8 Å². The van der Waals surface area contributed by atoms with Crippen LogP contribution in [0.1, 0.15) is 17.5 Å². The van der Waals surface area contributed by atoms with Crippen LogP contribution in [0.3, 0.4) is 0 Å². The van der Waals surface area contributed by atoms with Gasteiger partial charge in [0.15, 0.2) is 0 Å². The van der Waals surface area contributed by atoms with Crippen LogP contribution >= 0.6 is 0 Å². The van der Waals surface area contributed by atoms with Gasteiger partial charge in [-0.25, -0.2) is 4.39 Å². The number of allylic oxidation sites excluding steroid dienone is 5. The van der Waals surface area contributed by atoms with Crippen molar-refractivity contribution in [3.8, 4) is 11.3 Å². The van der Waals surface area contributed by atoms with Crippen molar-refractivity contribution in [1.29, 1.82) is 0 Å². The largest absolute Gasteiger partial charge is 0.379 e. The SMILES string of the molecule is Cc1cc(-c2ncccc2C2=CN3C(=CCC=C3CN3CCOCC3)C=C2)ccc1F. The average Bonchev–Trinajstić information content (AvgIpc) is 2.81. The minimum absolute atomic E-state index is 0.195. The molecule has 0 amide bonds. The molecule has 1 fully saturated rings. The summed E-state index contributed by atoms with van der Waals surface area (Å²) < 4.78 is 19.3. The smallest absolute Gasteiger partial charge is 0.126 e. The highest BCUT2D eigenvalue weighted by Gasteiger charge is 2.22. The molecular formula is C26H26FN3O. The number of hydrogen-bond acceptors (Lipinski definition) is 4. The van der Waals surface area contributed by atoms with Crippen LogP contribution in [0.2, 0.25) is 0 Å². The molecule has 1 aromatic heterocycles. The van der Waals surface area contributed by atoms with Gasteiger partial charge in [-0.1, -0.05) is 24.3 Å². The van der Waals surface area contributed by atoms with Gasteiger partial charge in [0.1, 0.15) is 5.82 Å². The van der Waals surface area contributed by atoms with Gasteiger partial charge < -0.3 is 9.64 Å². The van der Waals surface area contributed by atoms with E-state index in [1.807, 2.05) is 12.1 Å². The van der Waals surface area contributed by atoms with E-state index in [0.717, 1.165) is 61.7 Å². The molecule has 5 heteroatoms. The fourth-order valence-corrected chi connectivity index (χ4v) is 4.29. The lowest BCUT2D eigenvalue weighted by atomic mass is 9.96. The minimum atomic E-state index is -0.195. The van der Waals surface area contributed by atoms with E-state index in [0.29, 0.717) is 5.56 Å². The quantitative estimate of drug-likeness (QED) is 0.709. The lowest BCUT2D eigenvalue weighted by Gasteiger charge is -2.35. The summed E-state index contributed by atoms with van der Waals surface area (Å²) in [5.41, 5.74) is 7.05. The molecule has 1 aromatic carbocycles. The van der Waals surface area contributed by atoms with Gasteiger partial charge in [-0.3, -0.25) is 9.88 Å². The summed E-state index contributed by atoms with van der Waals surface area (Å²) in [7, 11) is 0. The predicted octanol–water partition coefficient (Wildman–Crippen LogP) is 4.91. The van der Waals surface area contributed by atoms with Crippen LogP contribution in [0, 0.1) is 12.7 Å². The monoisotopic (exact) mass is 415 g/mol. The molecule has 1 saturated heterocycles. The Hall–Kier alpha value is -3.02. The minimum Gasteiger partial charge on any atom is -0.379 e. The van der Waals surface area contributed by atoms with Gasteiger partial charge in [-0.15, -0.1) is 0 Å². The second-order valence-corrected chi connectivity index (χ2v) is 8.10. The summed E-state index contributed by atoms with van der Waals surface area (Å²) in [5, 5.41) is 0. The van der Waals surface area contributed by atoms with Crippen molar-refractivity contribution in [3.63, 3.8) is 0 Å². The Morgan fingerprint density at radius 1 is 1.10 bits per heavy atom. The highest BCUT2D eigenvalue weighted by Crippen LogP contribution is 2.34. The molecule has 4 heterocycles. The van der Waals surface area contributed by atoms with E-state index in [2.05, 4.69) is 51.4 Å². The lowest BCUT2D eigenvalue weighted by molar-refractivity contribution is 0.0404. The number of nitrogens with zero attached hydrogens (tertiary/aromatic N) is 3. The first kappa shape index (κ1) is 19.9. The molecule has 0 bridgehead atoms. The summed E-state index contributed by atoms with van der Waals surface area (Å²) in [6, 6.07) is 9.22. The maximum atomic E-state index is 13.8. The Bertz CT molecular complexity index is 1110. The first-order valence-electron chi connectivity index (χ1n) is 10.8. The van der Waals surface area contributed by atoms with Gasteiger partial charge in [0, 0.05) is 60.1 Å². The number of aromatic nitrogens is 1. The van der Waals surface area contributed by atoms with Crippen LogP contribution in [0.4, 0.5) is 4.39 Å². The van der Waals surface area contributed by atoms with Crippen molar-refractivity contribution in [2.45, 2.75) is 13.3 Å². The fourth-order valence-electron chi connectivity index (χ4n) is 4.29. The molecular weight excluding hydrogens is 389 g/mol. The number of benzene rings is 1. The molecule has 0 spiro atoms. The molecule has 2 aromatic rings. The van der Waals surface area contributed by atoms with E-state index in [4.69, 9.17) is 4.74 Å². The number of rotatable bonds is 4. The molecule has 0 radical (unpaired) electrons. The van der Waals surface area contributed by atoms with E-state index in [-0.39, 0.29) is 5.82 Å². The van der Waals surface area contributed by atoms with Gasteiger partial charge in [0.05, 0.1) is 18.9 Å². The molecule has 0 saturated carbocycles. The Labute approximate surface area is 182 Å². The number of fused-ring (bicyclic) bond motifs is 1. The fraction of sp³-hybridized carbons (Fsp3) is 0.269. The second-order valence-electron chi connectivity index (χ2n) is 8.10. The van der Waals surface area contributed by atoms with E-state index in [1.165, 1.54) is 17.5 Å². The topological polar surface area (TPSA) is 28.6 Å². The Morgan fingerprint density at radius 3 is 2.81 bits per heavy atom. The zero-order valence-corrected chi connectivity index (χ0v) is 17.7. The molecule has 0 atom stereocenters. The second kappa shape index (κ2) is 8.61. The summed E-state index contributed by atoms with van der Waals surface area (Å²) in [4.78, 5) is 9.38. The Balaban J connectivity index is 1.48. The third kappa shape index (κ3) is 4.11. The van der Waals surface area contributed by atoms with Crippen molar-refractivity contribution in [3.05, 3.63) is 95.4 Å². The molecule has 4 nitrogen and oxygen atoms in total. The van der Waals surface area contributed by atoms with Crippen LogP contribution < -0.4 is 0 Å². The predicted molar refractivity (Wildman–Crippen MR) is 121 cm³/mol. The van der Waals surface area contributed by atoms with Crippen molar-refractivity contribution < 1.29 is 9.13 Å². The zero-order valence-electron chi connectivity index (χ0n) is 17.7. The van der Waals surface area contributed by atoms with E-state index < -0.39 is 0 Å². The van der Waals surface area contributed by atoms with Gasteiger partial charge in [0.25, 0.3) is 0 Å². The standard InChI is InChI=1S/C26H26FN3O/c1-19-16-20(8-10-25(19)27)26-24(6-3-11-28-26)21-7-9-22-4-2-5-23(30(22)17-21)18-29-12-14-31-15-13-29/h3-11,16-17H,2,12-15,18H2,1H3. The van der Waals surface area contributed by atoms with Gasteiger partial charge in [-0.05, 0) is 49.2 Å². The third-order valence-corrected chi connectivity index (χ3v) is 6.01. The van der Waals surface area contributed by atoms with E-state index in [9.17, 15) is 4.39 Å². The first-order valence-corrected chi connectivity index (χ1v) is 10.8. The summed E-state index contributed by atoms with van der Waals surface area (Å²) >= 11 is 0. The molecule has 0 unspecified atom stereocenters. The first-order chi connectivity index (χ1) is 15.2. The van der Waals surface area contributed by atoms with Crippen LogP contribution in [0.5, 0.6) is 0 Å². The van der Waals surface area contributed by atoms with Crippen molar-refractivity contribution in [1.82, 2.24) is 14.8 Å². The summed E-state index contributed by atoms with van der Waals surface area (Å²) in [6.45, 7) is 6.23. The molecule has 31 heavy (non-hydrogen) atoms. The maximum Gasteiger partial charge on any atom is 0.126 e. The normalized spacial score (nSPS) is 18.9. The van der Waals surface area contributed by atoms with E-state index >= 15 is 0 Å². The number of aryl methyl sites for hydroxylation is 1. The van der Waals surface area contributed by atoms with Crippen molar-refractivity contribution in [2.24, 2.45) is 0 Å². The average molecular weight is 416 g/mol. The summed E-state index contributed by atoms with van der Waals surface area (Å²) in [6.07, 6.45) is 13.8. The van der Waals surface area contributed by atoms with E-state index in [1.54, 1.807) is 19.2 Å². The van der Waals surface area contributed by atoms with Gasteiger partial charge in [-0.2, -0.15) is 0 Å².